The smallest absolute Gasteiger partial charge is 0.162 e. The van der Waals surface area contributed by atoms with Crippen LogP contribution in [0.15, 0.2) is 24.3 Å². The van der Waals surface area contributed by atoms with Gasteiger partial charge in [-0.15, -0.1) is 0 Å². The Balaban J connectivity index is 2.08. The van der Waals surface area contributed by atoms with E-state index in [1.165, 1.54) is 0 Å². The molecule has 0 fully saturated rings. The van der Waals surface area contributed by atoms with Gasteiger partial charge in [-0.3, -0.25) is 9.48 Å². The van der Waals surface area contributed by atoms with E-state index in [0.29, 0.717) is 29.4 Å². The van der Waals surface area contributed by atoms with Crippen molar-refractivity contribution < 1.29 is 9.53 Å². The number of aromatic nitrogens is 2. The monoisotopic (exact) mass is 306 g/mol. The molecule has 0 aliphatic carbocycles. The molecule has 5 heteroatoms. The van der Waals surface area contributed by atoms with Crippen molar-refractivity contribution in [3.8, 4) is 5.75 Å². The first-order chi connectivity index (χ1) is 10.1. The Labute approximate surface area is 129 Å². The minimum atomic E-state index is 0.129. The van der Waals surface area contributed by atoms with Crippen molar-refractivity contribution >= 4 is 17.4 Å². The maximum absolute atomic E-state index is 11.6. The quantitative estimate of drug-likeness (QED) is 0.757. The van der Waals surface area contributed by atoms with E-state index in [1.807, 2.05) is 25.5 Å². The van der Waals surface area contributed by atoms with E-state index in [1.54, 1.807) is 24.3 Å². The van der Waals surface area contributed by atoms with E-state index in [4.69, 9.17) is 16.3 Å². The van der Waals surface area contributed by atoms with E-state index < -0.39 is 0 Å². The molecule has 4 nitrogen and oxygen atoms in total. The van der Waals surface area contributed by atoms with Crippen LogP contribution in [0.4, 0.5) is 0 Å². The zero-order valence-corrected chi connectivity index (χ0v) is 13.3. The zero-order valence-electron chi connectivity index (χ0n) is 12.5. The van der Waals surface area contributed by atoms with Crippen LogP contribution in [0.5, 0.6) is 5.75 Å². The molecule has 0 saturated heterocycles. The first-order valence-corrected chi connectivity index (χ1v) is 7.42. The first-order valence-electron chi connectivity index (χ1n) is 7.04. The van der Waals surface area contributed by atoms with Gasteiger partial charge in [-0.05, 0) is 38.1 Å². The topological polar surface area (TPSA) is 44.1 Å². The highest BCUT2D eigenvalue weighted by molar-refractivity contribution is 6.31. The molecular formula is C16H19ClN2O2. The Hall–Kier alpha value is -1.81. The lowest BCUT2D eigenvalue weighted by molar-refractivity contribution is 0.0988. The highest BCUT2D eigenvalue weighted by Gasteiger charge is 2.13. The number of ether oxygens (including phenoxy) is 1. The van der Waals surface area contributed by atoms with Gasteiger partial charge in [0.2, 0.25) is 0 Å². The molecule has 21 heavy (non-hydrogen) atoms. The number of benzene rings is 1. The average Bonchev–Trinajstić information content (AvgIpc) is 2.79. The van der Waals surface area contributed by atoms with Crippen LogP contribution in [-0.4, -0.2) is 15.6 Å². The Morgan fingerprint density at radius 2 is 1.95 bits per heavy atom. The number of hydrogen-bond acceptors (Lipinski definition) is 3. The highest BCUT2D eigenvalue weighted by Crippen LogP contribution is 2.22. The molecule has 0 saturated carbocycles. The number of carbonyl (C=O) groups excluding carboxylic acids is 1. The summed E-state index contributed by atoms with van der Waals surface area (Å²) >= 11 is 6.24. The third kappa shape index (κ3) is 3.45. The summed E-state index contributed by atoms with van der Waals surface area (Å²) in [6.45, 7) is 6.84. The fraction of sp³-hybridized carbons (Fsp3) is 0.375. The predicted molar refractivity (Wildman–Crippen MR) is 83.0 cm³/mol. The molecule has 2 aromatic rings. The summed E-state index contributed by atoms with van der Waals surface area (Å²) in [5, 5.41) is 5.00. The van der Waals surface area contributed by atoms with Crippen molar-refractivity contribution in [3.63, 3.8) is 0 Å². The summed E-state index contributed by atoms with van der Waals surface area (Å²) in [5.41, 5.74) is 2.38. The molecule has 0 amide bonds. The number of ketones is 1. The van der Waals surface area contributed by atoms with Gasteiger partial charge in [0.05, 0.1) is 16.4 Å². The van der Waals surface area contributed by atoms with Crippen molar-refractivity contribution in [3.05, 3.63) is 46.2 Å². The van der Waals surface area contributed by atoms with Crippen LogP contribution >= 0.6 is 11.6 Å². The van der Waals surface area contributed by atoms with E-state index >= 15 is 0 Å². The maximum Gasteiger partial charge on any atom is 0.162 e. The fourth-order valence-electron chi connectivity index (χ4n) is 2.10. The van der Waals surface area contributed by atoms with Gasteiger partial charge in [0.15, 0.2) is 5.78 Å². The first kappa shape index (κ1) is 15.6. The number of hydrogen-bond donors (Lipinski definition) is 0. The summed E-state index contributed by atoms with van der Waals surface area (Å²) in [6, 6.07) is 7.17. The summed E-state index contributed by atoms with van der Waals surface area (Å²) in [5.74, 6) is 0.838. The van der Waals surface area contributed by atoms with Crippen molar-refractivity contribution in [2.24, 2.45) is 0 Å². The van der Waals surface area contributed by atoms with Gasteiger partial charge < -0.3 is 4.74 Å². The second-order valence-corrected chi connectivity index (χ2v) is 5.13. The van der Waals surface area contributed by atoms with Crippen molar-refractivity contribution in [1.29, 1.82) is 0 Å². The van der Waals surface area contributed by atoms with Gasteiger partial charge in [0.25, 0.3) is 0 Å². The Bertz CT molecular complexity index is 632. The molecule has 0 radical (unpaired) electrons. The molecule has 0 aliphatic heterocycles. The SMILES string of the molecule is CCC(=O)c1ccc(OCc2c(Cl)c(C)nn2CC)cc1. The number of carbonyl (C=O) groups is 1. The number of nitrogens with zero attached hydrogens (tertiary/aromatic N) is 2. The van der Waals surface area contributed by atoms with E-state index in [2.05, 4.69) is 5.10 Å². The lowest BCUT2D eigenvalue weighted by atomic mass is 10.1. The third-order valence-electron chi connectivity index (χ3n) is 3.33. The van der Waals surface area contributed by atoms with Gasteiger partial charge in [0.1, 0.15) is 12.4 Å². The summed E-state index contributed by atoms with van der Waals surface area (Å²) in [7, 11) is 0. The molecule has 0 spiro atoms. The molecular weight excluding hydrogens is 288 g/mol. The summed E-state index contributed by atoms with van der Waals surface area (Å²) in [4.78, 5) is 11.6. The largest absolute Gasteiger partial charge is 0.487 e. The van der Waals surface area contributed by atoms with Crippen molar-refractivity contribution in [2.45, 2.75) is 40.3 Å². The van der Waals surface area contributed by atoms with Gasteiger partial charge >= 0.3 is 0 Å². The van der Waals surface area contributed by atoms with Crippen LogP contribution in [-0.2, 0) is 13.2 Å². The normalized spacial score (nSPS) is 10.7. The Morgan fingerprint density at radius 3 is 2.52 bits per heavy atom. The molecule has 0 unspecified atom stereocenters. The number of halogens is 1. The van der Waals surface area contributed by atoms with Gasteiger partial charge in [-0.1, -0.05) is 18.5 Å². The lowest BCUT2D eigenvalue weighted by Crippen LogP contribution is -2.06. The number of Topliss-reactive ketones (excluding diaryl/α,β-unsaturated/α-hetero) is 1. The van der Waals surface area contributed by atoms with E-state index in [9.17, 15) is 4.79 Å². The Morgan fingerprint density at radius 1 is 1.29 bits per heavy atom. The van der Waals surface area contributed by atoms with Crippen LogP contribution in [0.25, 0.3) is 0 Å². The standard InChI is InChI=1S/C16H19ClN2O2/c1-4-15(20)12-6-8-13(9-7-12)21-10-14-16(17)11(3)18-19(14)5-2/h6-9H,4-5,10H2,1-3H3. The predicted octanol–water partition coefficient (Wildman–Crippen LogP) is 4.04. The Kier molecular flexibility index (Phi) is 5.02. The summed E-state index contributed by atoms with van der Waals surface area (Å²) < 4.78 is 7.58. The van der Waals surface area contributed by atoms with Gasteiger partial charge in [0, 0.05) is 18.5 Å². The molecule has 0 atom stereocenters. The van der Waals surface area contributed by atoms with E-state index in [-0.39, 0.29) is 5.78 Å². The number of aryl methyl sites for hydroxylation is 2. The highest BCUT2D eigenvalue weighted by atomic mass is 35.5. The molecule has 1 aromatic carbocycles. The minimum absolute atomic E-state index is 0.129. The van der Waals surface area contributed by atoms with Crippen molar-refractivity contribution in [2.75, 3.05) is 0 Å². The number of rotatable bonds is 6. The molecule has 1 aromatic heterocycles. The molecule has 2 rings (SSSR count). The van der Waals surface area contributed by atoms with Crippen LogP contribution in [0, 0.1) is 6.92 Å². The van der Waals surface area contributed by atoms with Gasteiger partial charge in [-0.25, -0.2) is 0 Å². The van der Waals surface area contributed by atoms with Crippen LogP contribution < -0.4 is 4.74 Å². The molecule has 112 valence electrons. The van der Waals surface area contributed by atoms with Crippen LogP contribution in [0.1, 0.15) is 42.0 Å². The second kappa shape index (κ2) is 6.76. The molecule has 0 aliphatic rings. The molecule has 0 bridgehead atoms. The fourth-order valence-corrected chi connectivity index (χ4v) is 2.29. The molecule has 0 N–H and O–H groups in total. The van der Waals surface area contributed by atoms with Crippen molar-refractivity contribution in [1.82, 2.24) is 9.78 Å². The lowest BCUT2D eigenvalue weighted by Gasteiger charge is -2.09. The van der Waals surface area contributed by atoms with Gasteiger partial charge in [-0.2, -0.15) is 5.10 Å². The van der Waals surface area contributed by atoms with Crippen LogP contribution in [0.3, 0.4) is 0 Å². The minimum Gasteiger partial charge on any atom is -0.487 e. The third-order valence-corrected chi connectivity index (χ3v) is 3.82. The average molecular weight is 307 g/mol. The summed E-state index contributed by atoms with van der Waals surface area (Å²) in [6.07, 6.45) is 0.505. The van der Waals surface area contributed by atoms with E-state index in [0.717, 1.165) is 17.9 Å². The maximum atomic E-state index is 11.6. The van der Waals surface area contributed by atoms with Crippen LogP contribution in [0.2, 0.25) is 5.02 Å². The second-order valence-electron chi connectivity index (χ2n) is 4.75. The zero-order chi connectivity index (χ0) is 15.4. The molecule has 1 heterocycles.